The van der Waals surface area contributed by atoms with Crippen LogP contribution in [-0.4, -0.2) is 70.8 Å². The fourth-order valence-corrected chi connectivity index (χ4v) is 5.49. The van der Waals surface area contributed by atoms with Crippen molar-refractivity contribution in [2.24, 2.45) is 11.7 Å². The standard InChI is InChI=1S/C18H20N6O5S/c1-6-11(21-17-23-22-7(2)30-17)14(26)10-8(5-29-16(19)27)18(28-3)15-9(20-15)4-24(18)12(10)13(6)25/h8-9,15,20H,4-5H2,1-3H3,(H2,19,27)(H,21,23)/t8-,9+,15+,18?/m0/s1. The molecule has 2 fully saturated rings. The van der Waals surface area contributed by atoms with Gasteiger partial charge in [-0.3, -0.25) is 9.59 Å². The summed E-state index contributed by atoms with van der Waals surface area (Å²) in [5, 5.41) is 15.3. The maximum Gasteiger partial charge on any atom is 0.404 e. The first-order chi connectivity index (χ1) is 14.3. The quantitative estimate of drug-likeness (QED) is 0.415. The minimum absolute atomic E-state index is 0.0855. The molecule has 0 saturated carbocycles. The van der Waals surface area contributed by atoms with Crippen molar-refractivity contribution in [3.8, 4) is 0 Å². The number of aromatic nitrogens is 2. The number of allylic oxidation sites excluding steroid dienone is 2. The number of hydrogen-bond donors (Lipinski definition) is 3. The number of ketones is 2. The zero-order valence-electron chi connectivity index (χ0n) is 16.5. The first kappa shape index (κ1) is 19.2. The van der Waals surface area contributed by atoms with Gasteiger partial charge in [0, 0.05) is 30.8 Å². The number of anilines is 1. The van der Waals surface area contributed by atoms with Gasteiger partial charge in [0.05, 0.1) is 23.4 Å². The Morgan fingerprint density at radius 1 is 1.37 bits per heavy atom. The normalized spacial score (nSPS) is 31.7. The summed E-state index contributed by atoms with van der Waals surface area (Å²) in [6.07, 6.45) is -0.954. The molecular weight excluding hydrogens is 412 g/mol. The van der Waals surface area contributed by atoms with Crippen LogP contribution in [0.4, 0.5) is 9.93 Å². The SMILES string of the molecule is COC12[C@@H]3N[C@@H]3CN1C1=C(C(=O)C(Nc3nnc(C)s3)=C(C)C1=O)[C@@H]2COC(N)=O. The van der Waals surface area contributed by atoms with Gasteiger partial charge in [0.15, 0.2) is 5.72 Å². The highest BCUT2D eigenvalue weighted by Crippen LogP contribution is 2.55. The fraction of sp³-hybridized carbons (Fsp3) is 0.500. The van der Waals surface area contributed by atoms with Crippen molar-refractivity contribution in [2.45, 2.75) is 31.7 Å². The summed E-state index contributed by atoms with van der Waals surface area (Å²) < 4.78 is 11.0. The van der Waals surface area contributed by atoms with Gasteiger partial charge in [0.1, 0.15) is 11.6 Å². The molecule has 4 N–H and O–H groups in total. The smallest absolute Gasteiger partial charge is 0.404 e. The molecular formula is C18H20N6O5S. The van der Waals surface area contributed by atoms with E-state index in [0.29, 0.717) is 22.9 Å². The summed E-state index contributed by atoms with van der Waals surface area (Å²) in [7, 11) is 1.53. The Hall–Kier alpha value is -2.83. The van der Waals surface area contributed by atoms with E-state index in [1.54, 1.807) is 13.8 Å². The topological polar surface area (TPSA) is 159 Å². The maximum absolute atomic E-state index is 13.6. The number of nitrogens with two attached hydrogens (primary N) is 1. The van der Waals surface area contributed by atoms with Gasteiger partial charge in [-0.15, -0.1) is 10.2 Å². The second kappa shape index (κ2) is 6.33. The van der Waals surface area contributed by atoms with Crippen LogP contribution >= 0.6 is 11.3 Å². The summed E-state index contributed by atoms with van der Waals surface area (Å²) in [4.78, 5) is 40.1. The molecule has 4 aliphatic rings. The van der Waals surface area contributed by atoms with Crippen LogP contribution in [0.25, 0.3) is 0 Å². The number of Topliss-reactive ketones (excluding diaryl/α,β-unsaturated/α-hetero) is 2. The van der Waals surface area contributed by atoms with E-state index in [2.05, 4.69) is 20.8 Å². The number of methoxy groups -OCH3 is 1. The van der Waals surface area contributed by atoms with Crippen LogP contribution < -0.4 is 16.4 Å². The average molecular weight is 432 g/mol. The van der Waals surface area contributed by atoms with E-state index >= 15 is 0 Å². The number of aryl methyl sites for hydroxylation is 1. The van der Waals surface area contributed by atoms with Gasteiger partial charge in [-0.2, -0.15) is 0 Å². The number of nitrogens with one attached hydrogen (secondary N) is 2. The number of carbonyl (C=O) groups is 3. The van der Waals surface area contributed by atoms with Crippen molar-refractivity contribution < 1.29 is 23.9 Å². The monoisotopic (exact) mass is 432 g/mol. The summed E-state index contributed by atoms with van der Waals surface area (Å²) in [6, 6.07) is 0.0591. The number of rotatable bonds is 5. The molecule has 4 heterocycles. The maximum atomic E-state index is 13.6. The zero-order chi connectivity index (χ0) is 21.4. The summed E-state index contributed by atoms with van der Waals surface area (Å²) in [5.74, 6) is -1.29. The number of primary amides is 1. The van der Waals surface area contributed by atoms with Gasteiger partial charge in [-0.05, 0) is 13.8 Å². The van der Waals surface area contributed by atoms with Crippen LogP contribution in [0.2, 0.25) is 0 Å². The van der Waals surface area contributed by atoms with Crippen molar-refractivity contribution in [1.29, 1.82) is 0 Å². The minimum Gasteiger partial charge on any atom is -0.449 e. The second-order valence-corrected chi connectivity index (χ2v) is 8.85. The number of hydrogen-bond acceptors (Lipinski definition) is 11. The van der Waals surface area contributed by atoms with Crippen LogP contribution in [0.1, 0.15) is 11.9 Å². The molecule has 0 aromatic carbocycles. The van der Waals surface area contributed by atoms with Crippen LogP contribution in [0.5, 0.6) is 0 Å². The Bertz CT molecular complexity index is 1060. The van der Waals surface area contributed by atoms with Crippen molar-refractivity contribution >= 4 is 34.1 Å². The van der Waals surface area contributed by atoms with Crippen molar-refractivity contribution in [1.82, 2.24) is 20.4 Å². The molecule has 30 heavy (non-hydrogen) atoms. The largest absolute Gasteiger partial charge is 0.449 e. The fourth-order valence-electron chi connectivity index (χ4n) is 4.90. The van der Waals surface area contributed by atoms with Gasteiger partial charge in [0.2, 0.25) is 16.7 Å². The lowest BCUT2D eigenvalue weighted by molar-refractivity contribution is -0.137. The summed E-state index contributed by atoms with van der Waals surface area (Å²) >= 11 is 1.28. The van der Waals surface area contributed by atoms with E-state index in [9.17, 15) is 14.4 Å². The van der Waals surface area contributed by atoms with Crippen LogP contribution in [0.3, 0.4) is 0 Å². The van der Waals surface area contributed by atoms with E-state index in [0.717, 1.165) is 5.01 Å². The Balaban J connectivity index is 1.58. The lowest BCUT2D eigenvalue weighted by atomic mass is 9.82. The van der Waals surface area contributed by atoms with E-state index < -0.39 is 17.7 Å². The first-order valence-electron chi connectivity index (χ1n) is 9.42. The predicted molar refractivity (Wildman–Crippen MR) is 104 cm³/mol. The highest BCUT2D eigenvalue weighted by Gasteiger charge is 2.72. The molecule has 5 rings (SSSR count). The van der Waals surface area contributed by atoms with Crippen LogP contribution in [0, 0.1) is 12.8 Å². The van der Waals surface area contributed by atoms with Gasteiger partial charge < -0.3 is 30.7 Å². The molecule has 158 valence electrons. The third-order valence-electron chi connectivity index (χ3n) is 6.19. The van der Waals surface area contributed by atoms with E-state index in [-0.39, 0.29) is 41.5 Å². The van der Waals surface area contributed by atoms with E-state index in [1.807, 2.05) is 4.90 Å². The van der Waals surface area contributed by atoms with Gasteiger partial charge in [-0.1, -0.05) is 11.3 Å². The van der Waals surface area contributed by atoms with E-state index in [1.165, 1.54) is 18.4 Å². The molecule has 0 bridgehead atoms. The van der Waals surface area contributed by atoms with Crippen molar-refractivity contribution in [3.05, 3.63) is 27.5 Å². The molecule has 3 aliphatic heterocycles. The first-order valence-corrected chi connectivity index (χ1v) is 10.2. The van der Waals surface area contributed by atoms with Gasteiger partial charge in [-0.25, -0.2) is 4.79 Å². The van der Waals surface area contributed by atoms with Crippen LogP contribution in [-0.2, 0) is 19.1 Å². The highest BCUT2D eigenvalue weighted by atomic mass is 32.1. The lowest BCUT2D eigenvalue weighted by Crippen LogP contribution is -2.55. The predicted octanol–water partition coefficient (Wildman–Crippen LogP) is -0.338. The third-order valence-corrected chi connectivity index (χ3v) is 6.94. The van der Waals surface area contributed by atoms with Crippen LogP contribution in [0.15, 0.2) is 22.5 Å². The second-order valence-electron chi connectivity index (χ2n) is 7.67. The number of amides is 1. The molecule has 1 aliphatic carbocycles. The average Bonchev–Trinajstić information content (AvgIpc) is 3.10. The molecule has 12 heteroatoms. The molecule has 1 unspecified atom stereocenters. The van der Waals surface area contributed by atoms with E-state index in [4.69, 9.17) is 15.2 Å². The molecule has 0 spiro atoms. The molecule has 4 atom stereocenters. The number of carbonyl (C=O) groups excluding carboxylic acids is 3. The summed E-state index contributed by atoms with van der Waals surface area (Å²) in [5.41, 5.74) is 5.21. The molecule has 2 saturated heterocycles. The van der Waals surface area contributed by atoms with Crippen molar-refractivity contribution in [2.75, 3.05) is 25.6 Å². The third kappa shape index (κ3) is 2.41. The molecule has 1 aromatic rings. The summed E-state index contributed by atoms with van der Waals surface area (Å²) in [6.45, 7) is 3.75. The molecule has 1 amide bonds. The number of ether oxygens (including phenoxy) is 2. The zero-order valence-corrected chi connectivity index (χ0v) is 17.3. The minimum atomic E-state index is -0.995. The molecule has 0 radical (unpaired) electrons. The Morgan fingerprint density at radius 2 is 2.13 bits per heavy atom. The van der Waals surface area contributed by atoms with Crippen molar-refractivity contribution in [3.63, 3.8) is 0 Å². The molecule has 11 nitrogen and oxygen atoms in total. The van der Waals surface area contributed by atoms with Gasteiger partial charge >= 0.3 is 6.09 Å². The Kier molecular flexibility index (Phi) is 4.04. The number of nitrogens with zero attached hydrogens (tertiary/aromatic N) is 3. The highest BCUT2D eigenvalue weighted by molar-refractivity contribution is 7.15. The molecule has 1 aromatic heterocycles. The lowest BCUT2D eigenvalue weighted by Gasteiger charge is -2.39. The Morgan fingerprint density at radius 3 is 2.77 bits per heavy atom. The number of piperazine rings is 1. The Labute approximate surface area is 175 Å². The number of fused-ring (bicyclic) bond motifs is 4. The van der Waals surface area contributed by atoms with Gasteiger partial charge in [0.25, 0.3) is 0 Å².